The number of ether oxygens (including phenoxy) is 1. The fourth-order valence-corrected chi connectivity index (χ4v) is 3.26. The lowest BCUT2D eigenvalue weighted by atomic mass is 10.1. The minimum atomic E-state index is 0.0620. The number of hydrogen-bond donors (Lipinski definition) is 0. The Morgan fingerprint density at radius 2 is 1.96 bits per heavy atom. The number of methoxy groups -OCH3 is 1. The summed E-state index contributed by atoms with van der Waals surface area (Å²) in [5, 5.41) is 4.47. The summed E-state index contributed by atoms with van der Waals surface area (Å²) in [6, 6.07) is 7.57. The van der Waals surface area contributed by atoms with Gasteiger partial charge in [0.25, 0.3) is 5.91 Å². The van der Waals surface area contributed by atoms with Crippen LogP contribution in [0.4, 0.5) is 5.95 Å². The van der Waals surface area contributed by atoms with Crippen molar-refractivity contribution in [3.63, 3.8) is 0 Å². The number of rotatable bonds is 6. The molecule has 1 fully saturated rings. The van der Waals surface area contributed by atoms with Crippen LogP contribution in [0.5, 0.6) is 0 Å². The predicted octanol–water partition coefficient (Wildman–Crippen LogP) is 0.952. The highest BCUT2D eigenvalue weighted by atomic mass is 16.5. The van der Waals surface area contributed by atoms with E-state index in [1.807, 2.05) is 55.2 Å². The van der Waals surface area contributed by atoms with E-state index in [1.54, 1.807) is 11.8 Å². The number of aromatic nitrogens is 3. The molecule has 1 aliphatic heterocycles. The van der Waals surface area contributed by atoms with Gasteiger partial charge in [0.1, 0.15) is 0 Å². The van der Waals surface area contributed by atoms with Crippen molar-refractivity contribution in [3.05, 3.63) is 29.8 Å². The third-order valence-corrected chi connectivity index (χ3v) is 4.78. The van der Waals surface area contributed by atoms with E-state index >= 15 is 0 Å². The Morgan fingerprint density at radius 3 is 2.59 bits per heavy atom. The molecule has 2 aromatic rings. The van der Waals surface area contributed by atoms with Gasteiger partial charge in [-0.05, 0) is 12.1 Å². The van der Waals surface area contributed by atoms with Crippen molar-refractivity contribution in [1.82, 2.24) is 24.6 Å². The van der Waals surface area contributed by atoms with Gasteiger partial charge >= 0.3 is 0 Å². The fourth-order valence-electron chi connectivity index (χ4n) is 3.26. The first-order valence-corrected chi connectivity index (χ1v) is 9.19. The number of benzene rings is 1. The van der Waals surface area contributed by atoms with Gasteiger partial charge in [0.2, 0.25) is 5.95 Å². The predicted molar refractivity (Wildman–Crippen MR) is 105 cm³/mol. The van der Waals surface area contributed by atoms with E-state index in [0.29, 0.717) is 11.4 Å². The molecule has 8 heteroatoms. The van der Waals surface area contributed by atoms with Gasteiger partial charge in [-0.25, -0.2) is 4.68 Å². The molecule has 1 aliphatic rings. The normalized spacial score (nSPS) is 15.2. The molecule has 0 saturated carbocycles. The highest BCUT2D eigenvalue weighted by Gasteiger charge is 2.22. The maximum atomic E-state index is 12.9. The number of hydrogen-bond acceptors (Lipinski definition) is 6. The van der Waals surface area contributed by atoms with Gasteiger partial charge in [0, 0.05) is 72.1 Å². The smallest absolute Gasteiger partial charge is 0.253 e. The maximum absolute atomic E-state index is 12.9. The monoisotopic (exact) mass is 372 g/mol. The molecule has 0 atom stereocenters. The quantitative estimate of drug-likeness (QED) is 0.752. The van der Waals surface area contributed by atoms with E-state index in [1.165, 1.54) is 0 Å². The molecule has 1 aromatic heterocycles. The molecule has 0 radical (unpaired) electrons. The fraction of sp³-hybridized carbons (Fsp3) is 0.526. The third kappa shape index (κ3) is 4.45. The molecule has 146 valence electrons. The first-order valence-electron chi connectivity index (χ1n) is 9.19. The van der Waals surface area contributed by atoms with Crippen LogP contribution in [0.25, 0.3) is 11.4 Å². The highest BCUT2D eigenvalue weighted by molar-refractivity contribution is 5.95. The molecule has 0 bridgehead atoms. The van der Waals surface area contributed by atoms with Gasteiger partial charge in [-0.1, -0.05) is 12.1 Å². The second-order valence-electron chi connectivity index (χ2n) is 6.96. The van der Waals surface area contributed by atoms with Crippen LogP contribution < -0.4 is 4.90 Å². The Bertz CT molecular complexity index is 780. The molecule has 2 heterocycles. The summed E-state index contributed by atoms with van der Waals surface area (Å²) in [6.07, 6.45) is 0. The van der Waals surface area contributed by atoms with E-state index in [0.717, 1.165) is 50.8 Å². The number of anilines is 1. The standard InChI is InChI=1S/C19H28N6O2/c1-22(2)19-20-17(21-23(19)3)15-6-5-7-16(14-15)18(26)25-10-8-24(9-11-25)12-13-27-4/h5-7,14H,8-13H2,1-4H3. The van der Waals surface area contributed by atoms with Crippen molar-refractivity contribution >= 4 is 11.9 Å². The van der Waals surface area contributed by atoms with Gasteiger partial charge in [0.05, 0.1) is 6.61 Å². The first-order chi connectivity index (χ1) is 13.0. The second kappa shape index (κ2) is 8.49. The maximum Gasteiger partial charge on any atom is 0.253 e. The molecule has 0 N–H and O–H groups in total. The molecule has 0 aliphatic carbocycles. The molecule has 0 unspecified atom stereocenters. The topological polar surface area (TPSA) is 66.7 Å². The molecular weight excluding hydrogens is 344 g/mol. The van der Waals surface area contributed by atoms with Crippen LogP contribution in [0.3, 0.4) is 0 Å². The van der Waals surface area contributed by atoms with E-state index < -0.39 is 0 Å². The van der Waals surface area contributed by atoms with Crippen molar-refractivity contribution in [1.29, 1.82) is 0 Å². The largest absolute Gasteiger partial charge is 0.383 e. The van der Waals surface area contributed by atoms with E-state index in [-0.39, 0.29) is 5.91 Å². The zero-order chi connectivity index (χ0) is 19.4. The average molecular weight is 372 g/mol. The van der Waals surface area contributed by atoms with Crippen LogP contribution >= 0.6 is 0 Å². The summed E-state index contributed by atoms with van der Waals surface area (Å²) >= 11 is 0. The van der Waals surface area contributed by atoms with Crippen LogP contribution in [-0.4, -0.2) is 91.0 Å². The molecular formula is C19H28N6O2. The summed E-state index contributed by atoms with van der Waals surface area (Å²) in [5.41, 5.74) is 1.53. The average Bonchev–Trinajstić information content (AvgIpc) is 3.08. The molecule has 27 heavy (non-hydrogen) atoms. The zero-order valence-corrected chi connectivity index (χ0v) is 16.6. The van der Waals surface area contributed by atoms with Crippen LogP contribution in [0.1, 0.15) is 10.4 Å². The summed E-state index contributed by atoms with van der Waals surface area (Å²) in [6.45, 7) is 4.86. The Kier molecular flexibility index (Phi) is 6.08. The van der Waals surface area contributed by atoms with Crippen LogP contribution in [0.15, 0.2) is 24.3 Å². The van der Waals surface area contributed by atoms with Gasteiger partial charge in [-0.3, -0.25) is 9.69 Å². The lowest BCUT2D eigenvalue weighted by Crippen LogP contribution is -2.49. The van der Waals surface area contributed by atoms with Gasteiger partial charge in [-0.15, -0.1) is 5.10 Å². The number of carbonyl (C=O) groups is 1. The minimum Gasteiger partial charge on any atom is -0.383 e. The van der Waals surface area contributed by atoms with Gasteiger partial charge in [0.15, 0.2) is 5.82 Å². The summed E-state index contributed by atoms with van der Waals surface area (Å²) in [7, 11) is 7.44. The third-order valence-electron chi connectivity index (χ3n) is 4.78. The van der Waals surface area contributed by atoms with Crippen molar-refractivity contribution in [2.24, 2.45) is 7.05 Å². The number of aryl methyl sites for hydroxylation is 1. The molecule has 1 amide bonds. The van der Waals surface area contributed by atoms with Crippen molar-refractivity contribution in [3.8, 4) is 11.4 Å². The first kappa shape index (κ1) is 19.3. The Labute approximate surface area is 160 Å². The molecule has 0 spiro atoms. The van der Waals surface area contributed by atoms with E-state index in [9.17, 15) is 4.79 Å². The zero-order valence-electron chi connectivity index (χ0n) is 16.6. The lowest BCUT2D eigenvalue weighted by Gasteiger charge is -2.34. The van der Waals surface area contributed by atoms with Gasteiger partial charge in [-0.2, -0.15) is 4.98 Å². The Hall–Kier alpha value is -2.45. The molecule has 8 nitrogen and oxygen atoms in total. The van der Waals surface area contributed by atoms with E-state index in [2.05, 4.69) is 15.0 Å². The van der Waals surface area contributed by atoms with Crippen LogP contribution in [0, 0.1) is 0 Å². The summed E-state index contributed by atoms with van der Waals surface area (Å²) in [5.74, 6) is 1.46. The van der Waals surface area contributed by atoms with Crippen LogP contribution in [-0.2, 0) is 11.8 Å². The van der Waals surface area contributed by atoms with Crippen molar-refractivity contribution in [2.45, 2.75) is 0 Å². The Balaban J connectivity index is 1.70. The van der Waals surface area contributed by atoms with Gasteiger partial charge < -0.3 is 14.5 Å². The number of piperazine rings is 1. The lowest BCUT2D eigenvalue weighted by molar-refractivity contribution is 0.0594. The highest BCUT2D eigenvalue weighted by Crippen LogP contribution is 2.21. The SMILES string of the molecule is COCCN1CCN(C(=O)c2cccc(-c3nc(N(C)C)n(C)n3)c2)CC1. The Morgan fingerprint density at radius 1 is 1.22 bits per heavy atom. The molecule has 1 aromatic carbocycles. The number of amides is 1. The molecule has 1 saturated heterocycles. The van der Waals surface area contributed by atoms with Crippen LogP contribution in [0.2, 0.25) is 0 Å². The summed E-state index contributed by atoms with van der Waals surface area (Å²) in [4.78, 5) is 23.6. The van der Waals surface area contributed by atoms with Crippen molar-refractivity contribution < 1.29 is 9.53 Å². The second-order valence-corrected chi connectivity index (χ2v) is 6.96. The van der Waals surface area contributed by atoms with Crippen molar-refractivity contribution in [2.75, 3.05) is 65.4 Å². The minimum absolute atomic E-state index is 0.0620. The summed E-state index contributed by atoms with van der Waals surface area (Å²) < 4.78 is 6.87. The van der Waals surface area contributed by atoms with E-state index in [4.69, 9.17) is 4.74 Å². The molecule has 3 rings (SSSR count). The number of nitrogens with zero attached hydrogens (tertiary/aromatic N) is 6. The number of carbonyl (C=O) groups excluding carboxylic acids is 1.